The van der Waals surface area contributed by atoms with Crippen molar-refractivity contribution in [3.05, 3.63) is 70.9 Å². The number of aryl methyl sites for hydroxylation is 1. The molecule has 146 valence electrons. The molecular weight excluding hydrogens is 340 g/mol. The highest BCUT2D eigenvalue weighted by Crippen LogP contribution is 2.37. The SMILES string of the molecule is c1ccc(CC[NH2+][C@H]2CCCc3c2[nH]c2ccc(C4CCCCC4)cc32)cc1. The molecule has 2 aliphatic carbocycles. The van der Waals surface area contributed by atoms with Crippen LogP contribution in [0.1, 0.15) is 79.3 Å². The quantitative estimate of drug-likeness (QED) is 0.600. The van der Waals surface area contributed by atoms with Crippen molar-refractivity contribution in [2.24, 2.45) is 0 Å². The summed E-state index contributed by atoms with van der Waals surface area (Å²) in [7, 11) is 0. The third-order valence-electron chi connectivity index (χ3n) is 7.08. The molecule has 0 aliphatic heterocycles. The number of aromatic nitrogens is 1. The van der Waals surface area contributed by atoms with Crippen molar-refractivity contribution in [3.8, 4) is 0 Å². The standard InChI is InChI=1S/C26H32N2/c1-3-8-19(9-4-1)16-17-27-25-13-7-12-22-23-18-21(20-10-5-2-6-11-20)14-15-24(23)28-26(22)25/h1,3-4,8-9,14-15,18,20,25,27-28H,2,5-7,10-13,16-17H2/p+1/t25-/m0/s1. The summed E-state index contributed by atoms with van der Waals surface area (Å²) in [6.45, 7) is 1.16. The normalized spacial score (nSPS) is 20.4. The molecule has 1 aromatic heterocycles. The summed E-state index contributed by atoms with van der Waals surface area (Å²) in [6.07, 6.45) is 12.0. The summed E-state index contributed by atoms with van der Waals surface area (Å²) in [5.41, 5.74) is 7.51. The second kappa shape index (κ2) is 8.13. The Bertz CT molecular complexity index is 918. The summed E-state index contributed by atoms with van der Waals surface area (Å²) in [5.74, 6) is 0.792. The predicted molar refractivity (Wildman–Crippen MR) is 117 cm³/mol. The van der Waals surface area contributed by atoms with Gasteiger partial charge in [-0.3, -0.25) is 0 Å². The second-order valence-corrected chi connectivity index (χ2v) is 8.92. The molecule has 0 radical (unpaired) electrons. The van der Waals surface area contributed by atoms with Gasteiger partial charge in [0.1, 0.15) is 6.04 Å². The Labute approximate surface area is 168 Å². The topological polar surface area (TPSA) is 32.4 Å². The number of aromatic amines is 1. The van der Waals surface area contributed by atoms with E-state index in [1.807, 2.05) is 0 Å². The van der Waals surface area contributed by atoms with Gasteiger partial charge in [0.15, 0.2) is 0 Å². The molecule has 1 fully saturated rings. The highest BCUT2D eigenvalue weighted by atomic mass is 14.9. The number of hydrogen-bond donors (Lipinski definition) is 2. The largest absolute Gasteiger partial charge is 0.353 e. The Morgan fingerprint density at radius 1 is 0.893 bits per heavy atom. The first kappa shape index (κ1) is 18.0. The van der Waals surface area contributed by atoms with Crippen molar-refractivity contribution in [1.29, 1.82) is 0 Å². The molecule has 2 aromatic carbocycles. The molecule has 28 heavy (non-hydrogen) atoms. The summed E-state index contributed by atoms with van der Waals surface area (Å²) < 4.78 is 0. The molecule has 0 amide bonds. The van der Waals surface area contributed by atoms with Crippen LogP contribution in [0.25, 0.3) is 10.9 Å². The molecule has 1 heterocycles. The van der Waals surface area contributed by atoms with E-state index in [-0.39, 0.29) is 0 Å². The molecule has 5 rings (SSSR count). The Morgan fingerprint density at radius 3 is 2.61 bits per heavy atom. The fraction of sp³-hybridized carbons (Fsp3) is 0.462. The maximum atomic E-state index is 3.81. The van der Waals surface area contributed by atoms with Gasteiger partial charge in [-0.05, 0) is 60.4 Å². The number of rotatable bonds is 5. The van der Waals surface area contributed by atoms with Gasteiger partial charge in [-0.25, -0.2) is 0 Å². The number of nitrogens with two attached hydrogens (primary N) is 1. The van der Waals surface area contributed by atoms with Crippen molar-refractivity contribution in [2.45, 2.75) is 69.7 Å². The second-order valence-electron chi connectivity index (χ2n) is 8.92. The van der Waals surface area contributed by atoms with E-state index in [1.54, 1.807) is 11.1 Å². The Kier molecular flexibility index (Phi) is 5.22. The molecule has 2 aliphatic rings. The van der Waals surface area contributed by atoms with E-state index < -0.39 is 0 Å². The number of fused-ring (bicyclic) bond motifs is 3. The molecular formula is C26H33N2+. The maximum absolute atomic E-state index is 3.81. The van der Waals surface area contributed by atoms with Gasteiger partial charge >= 0.3 is 0 Å². The minimum Gasteiger partial charge on any atom is -0.353 e. The van der Waals surface area contributed by atoms with Gasteiger partial charge in [-0.1, -0.05) is 55.7 Å². The van der Waals surface area contributed by atoms with E-state index in [0.717, 1.165) is 18.9 Å². The molecule has 2 heteroatoms. The first-order chi connectivity index (χ1) is 13.9. The minimum absolute atomic E-state index is 0.595. The van der Waals surface area contributed by atoms with E-state index in [1.165, 1.54) is 73.5 Å². The third-order valence-corrected chi connectivity index (χ3v) is 7.08. The highest BCUT2D eigenvalue weighted by Gasteiger charge is 2.27. The van der Waals surface area contributed by atoms with Crippen LogP contribution in [0.5, 0.6) is 0 Å². The summed E-state index contributed by atoms with van der Waals surface area (Å²) in [6, 6.07) is 18.8. The lowest BCUT2D eigenvalue weighted by atomic mass is 9.83. The molecule has 0 unspecified atom stereocenters. The summed E-state index contributed by atoms with van der Waals surface area (Å²) in [4.78, 5) is 3.81. The fourth-order valence-corrected chi connectivity index (χ4v) is 5.54. The monoisotopic (exact) mass is 373 g/mol. The number of nitrogens with one attached hydrogen (secondary N) is 1. The Balaban J connectivity index is 1.35. The van der Waals surface area contributed by atoms with E-state index in [0.29, 0.717) is 6.04 Å². The maximum Gasteiger partial charge on any atom is 0.127 e. The molecule has 0 spiro atoms. The fourth-order valence-electron chi connectivity index (χ4n) is 5.54. The van der Waals surface area contributed by atoms with Crippen molar-refractivity contribution in [2.75, 3.05) is 6.54 Å². The number of benzene rings is 2. The number of quaternary nitrogens is 1. The molecule has 1 atom stereocenters. The Morgan fingerprint density at radius 2 is 1.75 bits per heavy atom. The third kappa shape index (κ3) is 3.63. The molecule has 2 nitrogen and oxygen atoms in total. The van der Waals surface area contributed by atoms with Crippen LogP contribution in [0.4, 0.5) is 0 Å². The zero-order valence-corrected chi connectivity index (χ0v) is 16.9. The van der Waals surface area contributed by atoms with Crippen molar-refractivity contribution in [1.82, 2.24) is 4.98 Å². The van der Waals surface area contributed by atoms with Gasteiger partial charge in [-0.2, -0.15) is 0 Å². The van der Waals surface area contributed by atoms with Crippen LogP contribution < -0.4 is 5.32 Å². The van der Waals surface area contributed by atoms with Crippen LogP contribution in [0.2, 0.25) is 0 Å². The van der Waals surface area contributed by atoms with Gasteiger partial charge in [0.2, 0.25) is 0 Å². The van der Waals surface area contributed by atoms with Crippen LogP contribution in [0.15, 0.2) is 48.5 Å². The zero-order valence-electron chi connectivity index (χ0n) is 16.9. The van der Waals surface area contributed by atoms with Gasteiger partial charge in [0.05, 0.1) is 12.2 Å². The van der Waals surface area contributed by atoms with E-state index >= 15 is 0 Å². The van der Waals surface area contributed by atoms with Crippen LogP contribution in [-0.4, -0.2) is 11.5 Å². The van der Waals surface area contributed by atoms with Crippen molar-refractivity contribution >= 4 is 10.9 Å². The van der Waals surface area contributed by atoms with Crippen molar-refractivity contribution < 1.29 is 5.32 Å². The van der Waals surface area contributed by atoms with Crippen LogP contribution >= 0.6 is 0 Å². The molecule has 0 saturated heterocycles. The first-order valence-corrected chi connectivity index (χ1v) is 11.4. The lowest BCUT2D eigenvalue weighted by Crippen LogP contribution is -2.86. The van der Waals surface area contributed by atoms with Gasteiger partial charge in [0.25, 0.3) is 0 Å². The average molecular weight is 374 g/mol. The van der Waals surface area contributed by atoms with Gasteiger partial charge < -0.3 is 10.3 Å². The first-order valence-electron chi connectivity index (χ1n) is 11.4. The zero-order chi connectivity index (χ0) is 18.8. The summed E-state index contributed by atoms with van der Waals surface area (Å²) >= 11 is 0. The van der Waals surface area contributed by atoms with E-state index in [2.05, 4.69) is 58.8 Å². The molecule has 3 N–H and O–H groups in total. The van der Waals surface area contributed by atoms with Gasteiger partial charge in [-0.15, -0.1) is 0 Å². The minimum atomic E-state index is 0.595. The molecule has 3 aromatic rings. The average Bonchev–Trinajstić information content (AvgIpc) is 3.14. The molecule has 0 bridgehead atoms. The Hall–Kier alpha value is -2.06. The highest BCUT2D eigenvalue weighted by molar-refractivity contribution is 5.86. The lowest BCUT2D eigenvalue weighted by molar-refractivity contribution is -0.697. The lowest BCUT2D eigenvalue weighted by Gasteiger charge is -2.22. The van der Waals surface area contributed by atoms with Crippen LogP contribution in [-0.2, 0) is 12.8 Å². The van der Waals surface area contributed by atoms with Gasteiger partial charge in [0, 0.05) is 23.7 Å². The van der Waals surface area contributed by atoms with E-state index in [9.17, 15) is 0 Å². The van der Waals surface area contributed by atoms with Crippen LogP contribution in [0.3, 0.4) is 0 Å². The smallest absolute Gasteiger partial charge is 0.127 e. The summed E-state index contributed by atoms with van der Waals surface area (Å²) in [5, 5.41) is 4.09. The van der Waals surface area contributed by atoms with Crippen molar-refractivity contribution in [3.63, 3.8) is 0 Å². The number of hydrogen-bond acceptors (Lipinski definition) is 0. The number of H-pyrrole nitrogens is 1. The molecule has 1 saturated carbocycles. The van der Waals surface area contributed by atoms with E-state index in [4.69, 9.17) is 0 Å². The predicted octanol–water partition coefficient (Wildman–Crippen LogP) is 5.40. The van der Waals surface area contributed by atoms with Crippen LogP contribution in [0, 0.1) is 0 Å².